The fraction of sp³-hybridized carbons (Fsp3) is 0. The smallest absolute Gasteiger partial charge is 0.238 e. The lowest BCUT2D eigenvalue weighted by atomic mass is 10.0. The summed E-state index contributed by atoms with van der Waals surface area (Å²) in [6.07, 6.45) is 0. The van der Waals surface area contributed by atoms with E-state index in [0.717, 1.165) is 49.7 Å². The van der Waals surface area contributed by atoms with Crippen LogP contribution in [0.2, 0.25) is 0 Å². The molecule has 0 radical (unpaired) electrons. The summed E-state index contributed by atoms with van der Waals surface area (Å²) in [5.74, 6) is 1.86. The molecule has 11 aromatic rings. The third-order valence-electron chi connectivity index (χ3n) is 10.8. The van der Waals surface area contributed by atoms with Crippen LogP contribution >= 0.6 is 0 Å². The summed E-state index contributed by atoms with van der Waals surface area (Å²) < 4.78 is 4.56. The Labute approximate surface area is 323 Å². The molecule has 3 heterocycles. The molecule has 0 spiro atoms. The van der Waals surface area contributed by atoms with E-state index in [9.17, 15) is 0 Å². The van der Waals surface area contributed by atoms with Gasteiger partial charge in [-0.05, 0) is 70.8 Å². The molecular formula is C51H33N5. The summed E-state index contributed by atoms with van der Waals surface area (Å²) in [5.41, 5.74) is 12.2. The van der Waals surface area contributed by atoms with Gasteiger partial charge in [0.1, 0.15) is 0 Å². The highest BCUT2D eigenvalue weighted by Gasteiger charge is 2.19. The minimum Gasteiger partial charge on any atom is -0.309 e. The minimum absolute atomic E-state index is 0.585. The van der Waals surface area contributed by atoms with Crippen molar-refractivity contribution < 1.29 is 0 Å². The molecule has 0 aliphatic carbocycles. The Morgan fingerprint density at radius 3 is 1.27 bits per heavy atom. The molecule has 0 aliphatic heterocycles. The molecule has 0 unspecified atom stereocenters. The third kappa shape index (κ3) is 5.29. The Balaban J connectivity index is 1.07. The summed E-state index contributed by atoms with van der Waals surface area (Å²) in [7, 11) is 0. The zero-order chi connectivity index (χ0) is 37.0. The first-order chi connectivity index (χ1) is 27.8. The number of aromatic nitrogens is 5. The molecule has 0 N–H and O–H groups in total. The van der Waals surface area contributed by atoms with Gasteiger partial charge in [-0.3, -0.25) is 4.57 Å². The number of hydrogen-bond acceptors (Lipinski definition) is 3. The maximum atomic E-state index is 5.10. The minimum atomic E-state index is 0.585. The highest BCUT2D eigenvalue weighted by molar-refractivity contribution is 6.12. The highest BCUT2D eigenvalue weighted by atomic mass is 15.2. The van der Waals surface area contributed by atoms with Gasteiger partial charge in [0.05, 0.1) is 22.1 Å². The normalized spacial score (nSPS) is 11.6. The molecule has 8 aromatic carbocycles. The summed E-state index contributed by atoms with van der Waals surface area (Å²) in [6, 6.07) is 70.5. The lowest BCUT2D eigenvalue weighted by Crippen LogP contribution is -2.06. The Morgan fingerprint density at radius 1 is 0.268 bits per heavy atom. The fourth-order valence-corrected chi connectivity index (χ4v) is 8.15. The average molecular weight is 716 g/mol. The van der Waals surface area contributed by atoms with Crippen molar-refractivity contribution in [3.05, 3.63) is 200 Å². The van der Waals surface area contributed by atoms with Crippen molar-refractivity contribution >= 4 is 43.6 Å². The Hall–Kier alpha value is -7.63. The van der Waals surface area contributed by atoms with E-state index in [2.05, 4.69) is 149 Å². The van der Waals surface area contributed by atoms with Crippen molar-refractivity contribution in [3.63, 3.8) is 0 Å². The Kier molecular flexibility index (Phi) is 7.42. The zero-order valence-electron chi connectivity index (χ0n) is 30.3. The molecule has 0 atom stereocenters. The second-order valence-corrected chi connectivity index (χ2v) is 14.1. The maximum Gasteiger partial charge on any atom is 0.238 e. The molecule has 0 bridgehead atoms. The van der Waals surface area contributed by atoms with Crippen LogP contribution in [0.25, 0.3) is 100 Å². The van der Waals surface area contributed by atoms with Gasteiger partial charge in [-0.1, -0.05) is 152 Å². The third-order valence-corrected chi connectivity index (χ3v) is 10.8. The molecule has 5 heteroatoms. The fourth-order valence-electron chi connectivity index (χ4n) is 8.15. The molecule has 0 fully saturated rings. The molecule has 5 nitrogen and oxygen atoms in total. The van der Waals surface area contributed by atoms with Crippen LogP contribution in [0.1, 0.15) is 0 Å². The first-order valence-corrected chi connectivity index (χ1v) is 18.9. The van der Waals surface area contributed by atoms with Gasteiger partial charge < -0.3 is 4.57 Å². The number of nitrogens with zero attached hydrogens (tertiary/aromatic N) is 5. The first-order valence-electron chi connectivity index (χ1n) is 18.9. The van der Waals surface area contributed by atoms with E-state index in [1.807, 2.05) is 60.7 Å². The van der Waals surface area contributed by atoms with Crippen molar-refractivity contribution in [3.8, 4) is 56.7 Å². The molecule has 0 saturated carbocycles. The van der Waals surface area contributed by atoms with E-state index in [0.29, 0.717) is 17.6 Å². The first kappa shape index (κ1) is 31.9. The number of rotatable bonds is 6. The van der Waals surface area contributed by atoms with Gasteiger partial charge in [-0.15, -0.1) is 0 Å². The van der Waals surface area contributed by atoms with Gasteiger partial charge in [0.2, 0.25) is 5.95 Å². The van der Waals surface area contributed by atoms with E-state index in [-0.39, 0.29) is 0 Å². The van der Waals surface area contributed by atoms with E-state index in [1.165, 1.54) is 32.9 Å². The number of para-hydroxylation sites is 2. The highest BCUT2D eigenvalue weighted by Crippen LogP contribution is 2.39. The molecule has 3 aromatic heterocycles. The lowest BCUT2D eigenvalue weighted by molar-refractivity contribution is 0.953. The zero-order valence-corrected chi connectivity index (χ0v) is 30.3. The standard InChI is InChI=1S/C51H33N5/c1-4-15-34(16-5-1)37-21-14-22-40(31-37)55-45-25-12-10-23-41(45)43-32-38(27-29-47(43)55)39-28-30-48-44(33-39)42-24-11-13-26-46(42)56(48)51-53-49(35-17-6-2-7-18-35)52-50(54-51)36-19-8-3-9-20-36/h1-33H. The quantitative estimate of drug-likeness (QED) is 0.172. The predicted molar refractivity (Wildman–Crippen MR) is 230 cm³/mol. The van der Waals surface area contributed by atoms with E-state index in [1.54, 1.807) is 0 Å². The molecule has 0 saturated heterocycles. The maximum absolute atomic E-state index is 5.10. The SMILES string of the molecule is c1ccc(-c2cccc(-n3c4ccccc4c4cc(-c5ccc6c(c5)c5ccccc5n6-c5nc(-c6ccccc6)nc(-c6ccccc6)n5)ccc43)c2)cc1. The average Bonchev–Trinajstić information content (AvgIpc) is 3.79. The molecule has 56 heavy (non-hydrogen) atoms. The molecule has 0 aliphatic rings. The van der Waals surface area contributed by atoms with Crippen molar-refractivity contribution in [2.24, 2.45) is 0 Å². The van der Waals surface area contributed by atoms with Gasteiger partial charge in [-0.2, -0.15) is 9.97 Å². The summed E-state index contributed by atoms with van der Waals surface area (Å²) in [5, 5.41) is 4.73. The monoisotopic (exact) mass is 715 g/mol. The molecule has 262 valence electrons. The van der Waals surface area contributed by atoms with Crippen LogP contribution in [0, 0.1) is 0 Å². The summed E-state index contributed by atoms with van der Waals surface area (Å²) in [4.78, 5) is 15.2. The van der Waals surface area contributed by atoms with Crippen LogP contribution in [-0.2, 0) is 0 Å². The van der Waals surface area contributed by atoms with Gasteiger partial charge in [0.25, 0.3) is 0 Å². The van der Waals surface area contributed by atoms with Crippen molar-refractivity contribution in [2.75, 3.05) is 0 Å². The largest absolute Gasteiger partial charge is 0.309 e. The summed E-state index contributed by atoms with van der Waals surface area (Å²) in [6.45, 7) is 0. The van der Waals surface area contributed by atoms with Gasteiger partial charge in [-0.25, -0.2) is 4.98 Å². The van der Waals surface area contributed by atoms with Crippen LogP contribution in [-0.4, -0.2) is 24.1 Å². The van der Waals surface area contributed by atoms with Crippen molar-refractivity contribution in [1.29, 1.82) is 0 Å². The molecule has 11 rings (SSSR count). The topological polar surface area (TPSA) is 48.5 Å². The van der Waals surface area contributed by atoms with E-state index >= 15 is 0 Å². The van der Waals surface area contributed by atoms with Crippen LogP contribution < -0.4 is 0 Å². The predicted octanol–water partition coefficient (Wildman–Crippen LogP) is 12.7. The van der Waals surface area contributed by atoms with Crippen LogP contribution in [0.15, 0.2) is 200 Å². The van der Waals surface area contributed by atoms with Gasteiger partial charge >= 0.3 is 0 Å². The second kappa shape index (κ2) is 13.0. The van der Waals surface area contributed by atoms with Crippen LogP contribution in [0.3, 0.4) is 0 Å². The molecular weight excluding hydrogens is 683 g/mol. The number of fused-ring (bicyclic) bond motifs is 6. The van der Waals surface area contributed by atoms with Gasteiger partial charge in [0.15, 0.2) is 11.6 Å². The van der Waals surface area contributed by atoms with Crippen LogP contribution in [0.5, 0.6) is 0 Å². The van der Waals surface area contributed by atoms with E-state index < -0.39 is 0 Å². The van der Waals surface area contributed by atoms with Gasteiger partial charge in [0, 0.05) is 38.4 Å². The molecule has 0 amide bonds. The number of hydrogen-bond donors (Lipinski definition) is 0. The lowest BCUT2D eigenvalue weighted by Gasteiger charge is -2.11. The number of benzene rings is 8. The Bertz CT molecular complexity index is 3180. The van der Waals surface area contributed by atoms with Crippen molar-refractivity contribution in [1.82, 2.24) is 24.1 Å². The second-order valence-electron chi connectivity index (χ2n) is 14.1. The van der Waals surface area contributed by atoms with Crippen molar-refractivity contribution in [2.45, 2.75) is 0 Å². The summed E-state index contributed by atoms with van der Waals surface area (Å²) >= 11 is 0. The Morgan fingerprint density at radius 2 is 0.696 bits per heavy atom. The van der Waals surface area contributed by atoms with Crippen LogP contribution in [0.4, 0.5) is 0 Å². The van der Waals surface area contributed by atoms with E-state index in [4.69, 9.17) is 15.0 Å².